The van der Waals surface area contributed by atoms with Crippen molar-refractivity contribution in [2.45, 2.75) is 64.3 Å². The van der Waals surface area contributed by atoms with E-state index in [1.54, 1.807) is 4.31 Å². The van der Waals surface area contributed by atoms with Gasteiger partial charge in [0.05, 0.1) is 5.75 Å². The Labute approximate surface area is 162 Å². The standard InChI is InChI=1S/C20H29N3O3S/c1-2-3-4-5-6-10-16-27(24,25)23-15-11-14-18(23)20-21-19(22-26-20)17-12-8-7-9-13-17/h7-9,12-13,18H,2-6,10-11,14-16H2,1H3. The van der Waals surface area contributed by atoms with Gasteiger partial charge in [0.2, 0.25) is 21.7 Å². The Morgan fingerprint density at radius 3 is 2.63 bits per heavy atom. The van der Waals surface area contributed by atoms with Gasteiger partial charge in [-0.2, -0.15) is 9.29 Å². The molecule has 1 atom stereocenters. The fourth-order valence-electron chi connectivity index (χ4n) is 3.58. The van der Waals surface area contributed by atoms with Crippen molar-refractivity contribution in [3.63, 3.8) is 0 Å². The first-order valence-corrected chi connectivity index (χ1v) is 11.6. The maximum Gasteiger partial charge on any atom is 0.245 e. The third-order valence-electron chi connectivity index (χ3n) is 5.08. The molecule has 0 N–H and O–H groups in total. The zero-order valence-electron chi connectivity index (χ0n) is 16.0. The monoisotopic (exact) mass is 391 g/mol. The van der Waals surface area contributed by atoms with Crippen LogP contribution >= 0.6 is 0 Å². The van der Waals surface area contributed by atoms with Gasteiger partial charge in [-0.25, -0.2) is 8.42 Å². The Morgan fingerprint density at radius 2 is 1.85 bits per heavy atom. The van der Waals surface area contributed by atoms with Crippen molar-refractivity contribution in [3.8, 4) is 11.4 Å². The van der Waals surface area contributed by atoms with Crippen LogP contribution in [0.3, 0.4) is 0 Å². The van der Waals surface area contributed by atoms with Crippen LogP contribution in [0.4, 0.5) is 0 Å². The molecular formula is C20H29N3O3S. The third kappa shape index (κ3) is 5.17. The molecule has 148 valence electrons. The predicted molar refractivity (Wildman–Crippen MR) is 106 cm³/mol. The minimum Gasteiger partial charge on any atom is -0.337 e. The summed E-state index contributed by atoms with van der Waals surface area (Å²) >= 11 is 0. The number of hydrogen-bond donors (Lipinski definition) is 0. The number of benzene rings is 1. The molecule has 27 heavy (non-hydrogen) atoms. The van der Waals surface area contributed by atoms with Gasteiger partial charge >= 0.3 is 0 Å². The van der Waals surface area contributed by atoms with Crippen molar-refractivity contribution in [3.05, 3.63) is 36.2 Å². The summed E-state index contributed by atoms with van der Waals surface area (Å²) in [5.74, 6) is 1.11. The normalized spacial score (nSPS) is 18.2. The van der Waals surface area contributed by atoms with Crippen LogP contribution in [0.25, 0.3) is 11.4 Å². The fraction of sp³-hybridized carbons (Fsp3) is 0.600. The van der Waals surface area contributed by atoms with Crippen molar-refractivity contribution in [1.82, 2.24) is 14.4 Å². The van der Waals surface area contributed by atoms with Crippen molar-refractivity contribution in [2.24, 2.45) is 0 Å². The van der Waals surface area contributed by atoms with Gasteiger partial charge < -0.3 is 4.52 Å². The lowest BCUT2D eigenvalue weighted by atomic mass is 10.1. The number of unbranched alkanes of at least 4 members (excludes halogenated alkanes) is 5. The number of hydrogen-bond acceptors (Lipinski definition) is 5. The molecule has 0 amide bonds. The largest absolute Gasteiger partial charge is 0.337 e. The molecule has 1 saturated heterocycles. The van der Waals surface area contributed by atoms with Crippen LogP contribution in [0.15, 0.2) is 34.9 Å². The summed E-state index contributed by atoms with van der Waals surface area (Å²) in [7, 11) is -3.30. The summed E-state index contributed by atoms with van der Waals surface area (Å²) in [4.78, 5) is 4.47. The number of nitrogens with zero attached hydrogens (tertiary/aromatic N) is 3. The second kappa shape index (κ2) is 9.46. The highest BCUT2D eigenvalue weighted by molar-refractivity contribution is 7.89. The summed E-state index contributed by atoms with van der Waals surface area (Å²) in [5.41, 5.74) is 0.868. The SMILES string of the molecule is CCCCCCCCS(=O)(=O)N1CCCC1c1nc(-c2ccccc2)no1. The molecule has 0 aliphatic carbocycles. The fourth-order valence-corrected chi connectivity index (χ4v) is 5.37. The van der Waals surface area contributed by atoms with E-state index in [1.165, 1.54) is 19.3 Å². The van der Waals surface area contributed by atoms with Crippen LogP contribution < -0.4 is 0 Å². The number of rotatable bonds is 10. The van der Waals surface area contributed by atoms with Crippen LogP contribution in [0.5, 0.6) is 0 Å². The summed E-state index contributed by atoms with van der Waals surface area (Å²) in [5, 5.41) is 4.04. The Morgan fingerprint density at radius 1 is 1.11 bits per heavy atom. The van der Waals surface area contributed by atoms with Gasteiger partial charge in [0.1, 0.15) is 6.04 Å². The van der Waals surface area contributed by atoms with Crippen LogP contribution in [-0.2, 0) is 10.0 Å². The van der Waals surface area contributed by atoms with E-state index in [1.807, 2.05) is 30.3 Å². The first kappa shape index (κ1) is 20.0. The van der Waals surface area contributed by atoms with Crippen molar-refractivity contribution in [2.75, 3.05) is 12.3 Å². The molecule has 1 aliphatic heterocycles. The molecule has 1 aromatic heterocycles. The predicted octanol–water partition coefficient (Wildman–Crippen LogP) is 4.56. The Balaban J connectivity index is 1.62. The van der Waals surface area contributed by atoms with E-state index >= 15 is 0 Å². The summed E-state index contributed by atoms with van der Waals surface area (Å²) in [6.07, 6.45) is 7.95. The second-order valence-corrected chi connectivity index (χ2v) is 9.22. The molecule has 1 aromatic carbocycles. The van der Waals surface area contributed by atoms with E-state index in [-0.39, 0.29) is 11.8 Å². The van der Waals surface area contributed by atoms with Gasteiger partial charge in [0, 0.05) is 12.1 Å². The van der Waals surface area contributed by atoms with E-state index in [4.69, 9.17) is 4.52 Å². The first-order chi connectivity index (χ1) is 13.1. The molecule has 6 nitrogen and oxygen atoms in total. The first-order valence-electron chi connectivity index (χ1n) is 10.0. The molecule has 2 heterocycles. The Bertz CT molecular complexity index is 805. The van der Waals surface area contributed by atoms with Gasteiger partial charge in [-0.05, 0) is 19.3 Å². The summed E-state index contributed by atoms with van der Waals surface area (Å²) in [6, 6.07) is 9.25. The summed E-state index contributed by atoms with van der Waals surface area (Å²) < 4.78 is 32.6. The summed E-state index contributed by atoms with van der Waals surface area (Å²) in [6.45, 7) is 2.71. The lowest BCUT2D eigenvalue weighted by Gasteiger charge is -2.21. The second-order valence-electron chi connectivity index (χ2n) is 7.17. The lowest BCUT2D eigenvalue weighted by molar-refractivity contribution is 0.290. The third-order valence-corrected chi connectivity index (χ3v) is 7.03. The molecule has 0 radical (unpaired) electrons. The highest BCUT2D eigenvalue weighted by atomic mass is 32.2. The molecule has 3 rings (SSSR count). The smallest absolute Gasteiger partial charge is 0.245 e. The molecule has 0 spiro atoms. The molecule has 0 saturated carbocycles. The van der Waals surface area contributed by atoms with Crippen molar-refractivity contribution in [1.29, 1.82) is 0 Å². The minimum absolute atomic E-state index is 0.204. The zero-order valence-corrected chi connectivity index (χ0v) is 16.8. The van der Waals surface area contributed by atoms with Gasteiger partial charge in [0.15, 0.2) is 0 Å². The quantitative estimate of drug-likeness (QED) is 0.555. The maximum atomic E-state index is 12.8. The van der Waals surface area contributed by atoms with E-state index in [0.717, 1.165) is 31.2 Å². The highest BCUT2D eigenvalue weighted by Gasteiger charge is 2.38. The molecule has 1 fully saturated rings. The topological polar surface area (TPSA) is 76.3 Å². The van der Waals surface area contributed by atoms with Crippen LogP contribution in [0.1, 0.15) is 70.2 Å². The van der Waals surface area contributed by atoms with Gasteiger partial charge in [0.25, 0.3) is 0 Å². The molecule has 1 unspecified atom stereocenters. The highest BCUT2D eigenvalue weighted by Crippen LogP contribution is 2.34. The average molecular weight is 392 g/mol. The van der Waals surface area contributed by atoms with Gasteiger partial charge in [-0.15, -0.1) is 0 Å². The van der Waals surface area contributed by atoms with Gasteiger partial charge in [-0.3, -0.25) is 0 Å². The van der Waals surface area contributed by atoms with E-state index in [0.29, 0.717) is 24.7 Å². The van der Waals surface area contributed by atoms with Crippen LogP contribution in [-0.4, -0.2) is 35.2 Å². The maximum absolute atomic E-state index is 12.8. The minimum atomic E-state index is -3.30. The zero-order chi connectivity index (χ0) is 19.1. The number of sulfonamides is 1. The van der Waals surface area contributed by atoms with Crippen molar-refractivity contribution < 1.29 is 12.9 Å². The van der Waals surface area contributed by atoms with Gasteiger partial charge in [-0.1, -0.05) is 74.5 Å². The van der Waals surface area contributed by atoms with E-state index < -0.39 is 10.0 Å². The molecular weight excluding hydrogens is 362 g/mol. The Hall–Kier alpha value is -1.73. The Kier molecular flexibility index (Phi) is 7.01. The molecule has 1 aliphatic rings. The lowest BCUT2D eigenvalue weighted by Crippen LogP contribution is -2.32. The molecule has 7 heteroatoms. The molecule has 2 aromatic rings. The van der Waals surface area contributed by atoms with E-state index in [9.17, 15) is 8.42 Å². The average Bonchev–Trinajstić information content (AvgIpc) is 3.34. The van der Waals surface area contributed by atoms with Crippen LogP contribution in [0, 0.1) is 0 Å². The van der Waals surface area contributed by atoms with Crippen LogP contribution in [0.2, 0.25) is 0 Å². The number of aromatic nitrogens is 2. The van der Waals surface area contributed by atoms with E-state index in [2.05, 4.69) is 17.1 Å². The molecule has 0 bridgehead atoms. The van der Waals surface area contributed by atoms with Crippen molar-refractivity contribution >= 4 is 10.0 Å².